The quantitative estimate of drug-likeness (QED) is 0.198. The lowest BCUT2D eigenvalue weighted by molar-refractivity contribution is -0.193. The number of carbonyl (C=O) groups is 2. The summed E-state index contributed by atoms with van der Waals surface area (Å²) in [7, 11) is 0. The van der Waals surface area contributed by atoms with Crippen molar-refractivity contribution >= 4 is 35.1 Å². The van der Waals surface area contributed by atoms with Gasteiger partial charge in [-0.1, -0.05) is 23.2 Å². The molecule has 0 N–H and O–H groups in total. The standard InChI is InChI=1S/C26H25Cl2F4NO4/c27-18-9-16(10-19(28)11-18)14-33-6-3-15(4-7-33)5-8-36-23-13-22(29)21(12-20(23)17-1-2-17)24(34)37-25(35)26(30,31)32/h9-13,15,17H,1-8,14H2. The molecule has 37 heavy (non-hydrogen) atoms. The number of benzene rings is 2. The van der Waals surface area contributed by atoms with Crippen LogP contribution in [0.3, 0.4) is 0 Å². The summed E-state index contributed by atoms with van der Waals surface area (Å²) in [4.78, 5) is 25.3. The SMILES string of the molecule is O=C(OC(=O)C(F)(F)F)c1cc(C2CC2)c(OCCC2CCN(Cc3cc(Cl)cc(Cl)c3)CC2)cc1F. The lowest BCUT2D eigenvalue weighted by Crippen LogP contribution is -2.33. The van der Waals surface area contributed by atoms with Gasteiger partial charge in [0.15, 0.2) is 0 Å². The first-order valence-electron chi connectivity index (χ1n) is 12.0. The Morgan fingerprint density at radius 3 is 2.22 bits per heavy atom. The molecule has 1 heterocycles. The van der Waals surface area contributed by atoms with Crippen LogP contribution < -0.4 is 4.74 Å². The van der Waals surface area contributed by atoms with Crippen LogP contribution in [0.2, 0.25) is 10.0 Å². The Hall–Kier alpha value is -2.36. The van der Waals surface area contributed by atoms with Crippen molar-refractivity contribution in [1.82, 2.24) is 4.90 Å². The molecule has 1 aliphatic heterocycles. The average Bonchev–Trinajstić information content (AvgIpc) is 3.64. The summed E-state index contributed by atoms with van der Waals surface area (Å²) >= 11 is 12.2. The minimum atomic E-state index is -5.35. The van der Waals surface area contributed by atoms with E-state index < -0.39 is 29.5 Å². The predicted octanol–water partition coefficient (Wildman–Crippen LogP) is 6.94. The number of hydrogen-bond acceptors (Lipinski definition) is 5. The molecule has 4 rings (SSSR count). The van der Waals surface area contributed by atoms with E-state index in [1.807, 2.05) is 12.1 Å². The van der Waals surface area contributed by atoms with Crippen molar-refractivity contribution in [3.8, 4) is 5.75 Å². The minimum Gasteiger partial charge on any atom is -0.493 e. The topological polar surface area (TPSA) is 55.8 Å². The van der Waals surface area contributed by atoms with E-state index in [-0.39, 0.29) is 11.7 Å². The summed E-state index contributed by atoms with van der Waals surface area (Å²) in [5.74, 6) is -4.77. The van der Waals surface area contributed by atoms with Crippen LogP contribution in [-0.4, -0.2) is 42.7 Å². The van der Waals surface area contributed by atoms with Crippen LogP contribution in [0, 0.1) is 11.7 Å². The monoisotopic (exact) mass is 561 g/mol. The van der Waals surface area contributed by atoms with Crippen molar-refractivity contribution < 1.29 is 36.6 Å². The largest absolute Gasteiger partial charge is 0.493 e. The van der Waals surface area contributed by atoms with Crippen LogP contribution in [-0.2, 0) is 16.1 Å². The summed E-state index contributed by atoms with van der Waals surface area (Å²) in [5.41, 5.74) is 0.868. The molecule has 11 heteroatoms. The zero-order valence-corrected chi connectivity index (χ0v) is 21.3. The van der Waals surface area contributed by atoms with E-state index in [0.717, 1.165) is 69.4 Å². The number of esters is 2. The lowest BCUT2D eigenvalue weighted by atomic mass is 9.93. The van der Waals surface area contributed by atoms with Crippen molar-refractivity contribution in [2.45, 2.75) is 50.7 Å². The molecule has 1 saturated carbocycles. The molecule has 2 fully saturated rings. The predicted molar refractivity (Wildman–Crippen MR) is 129 cm³/mol. The Kier molecular flexibility index (Phi) is 8.66. The molecule has 0 spiro atoms. The van der Waals surface area contributed by atoms with E-state index in [0.29, 0.717) is 28.1 Å². The second-order valence-corrected chi connectivity index (χ2v) is 10.3. The maximum Gasteiger partial charge on any atom is 0.491 e. The molecule has 2 aliphatic rings. The fourth-order valence-corrected chi connectivity index (χ4v) is 5.06. The van der Waals surface area contributed by atoms with Gasteiger partial charge in [0.05, 0.1) is 12.2 Å². The number of carbonyl (C=O) groups excluding carboxylic acids is 2. The Bertz CT molecular complexity index is 1140. The first-order chi connectivity index (χ1) is 17.5. The molecule has 1 saturated heterocycles. The molecular weight excluding hydrogens is 537 g/mol. The number of rotatable bonds is 8. The zero-order valence-electron chi connectivity index (χ0n) is 19.8. The average molecular weight is 562 g/mol. The van der Waals surface area contributed by atoms with Gasteiger partial charge in [-0.25, -0.2) is 14.0 Å². The maximum atomic E-state index is 14.6. The molecular formula is C26H25Cl2F4NO4. The summed E-state index contributed by atoms with van der Waals surface area (Å²) < 4.78 is 61.4. The summed E-state index contributed by atoms with van der Waals surface area (Å²) in [6.45, 7) is 2.91. The highest BCUT2D eigenvalue weighted by atomic mass is 35.5. The van der Waals surface area contributed by atoms with Gasteiger partial charge < -0.3 is 9.47 Å². The third kappa shape index (κ3) is 7.58. The molecule has 0 amide bonds. The minimum absolute atomic E-state index is 0.0173. The second kappa shape index (κ2) is 11.6. The highest BCUT2D eigenvalue weighted by Crippen LogP contribution is 2.45. The van der Waals surface area contributed by atoms with E-state index in [1.165, 1.54) is 0 Å². The van der Waals surface area contributed by atoms with E-state index >= 15 is 0 Å². The van der Waals surface area contributed by atoms with E-state index in [2.05, 4.69) is 9.64 Å². The third-order valence-electron chi connectivity index (χ3n) is 6.57. The number of halogens is 6. The Morgan fingerprint density at radius 2 is 1.62 bits per heavy atom. The van der Waals surface area contributed by atoms with Gasteiger partial charge in [0.1, 0.15) is 11.6 Å². The van der Waals surface area contributed by atoms with Gasteiger partial charge in [-0.15, -0.1) is 0 Å². The molecule has 2 aromatic rings. The second-order valence-electron chi connectivity index (χ2n) is 9.45. The van der Waals surface area contributed by atoms with Crippen LogP contribution in [0.1, 0.15) is 59.5 Å². The highest BCUT2D eigenvalue weighted by Gasteiger charge is 2.43. The fraction of sp³-hybridized carbons (Fsp3) is 0.462. The molecule has 5 nitrogen and oxygen atoms in total. The number of nitrogens with zero attached hydrogens (tertiary/aromatic N) is 1. The summed E-state index contributed by atoms with van der Waals surface area (Å²) in [6, 6.07) is 7.63. The van der Waals surface area contributed by atoms with Crippen molar-refractivity contribution in [1.29, 1.82) is 0 Å². The number of alkyl halides is 3. The van der Waals surface area contributed by atoms with E-state index in [4.69, 9.17) is 27.9 Å². The lowest BCUT2D eigenvalue weighted by Gasteiger charge is -2.32. The Balaban J connectivity index is 1.30. The van der Waals surface area contributed by atoms with Gasteiger partial charge in [-0.3, -0.25) is 4.90 Å². The van der Waals surface area contributed by atoms with Gasteiger partial charge in [0.25, 0.3) is 0 Å². The van der Waals surface area contributed by atoms with Gasteiger partial charge in [0.2, 0.25) is 0 Å². The molecule has 200 valence electrons. The smallest absolute Gasteiger partial charge is 0.491 e. The number of ether oxygens (including phenoxy) is 2. The van der Waals surface area contributed by atoms with Gasteiger partial charge >= 0.3 is 18.1 Å². The number of piperidine rings is 1. The fourth-order valence-electron chi connectivity index (χ4n) is 4.49. The van der Waals surface area contributed by atoms with Crippen molar-refractivity contribution in [2.24, 2.45) is 5.92 Å². The van der Waals surface area contributed by atoms with Crippen LogP contribution in [0.15, 0.2) is 30.3 Å². The highest BCUT2D eigenvalue weighted by molar-refractivity contribution is 6.34. The number of hydrogen-bond donors (Lipinski definition) is 0. The van der Waals surface area contributed by atoms with Crippen LogP contribution in [0.5, 0.6) is 5.75 Å². The van der Waals surface area contributed by atoms with Crippen molar-refractivity contribution in [3.63, 3.8) is 0 Å². The third-order valence-corrected chi connectivity index (χ3v) is 7.01. The molecule has 0 radical (unpaired) electrons. The Labute approximate surface area is 221 Å². The first-order valence-corrected chi connectivity index (χ1v) is 12.7. The summed E-state index contributed by atoms with van der Waals surface area (Å²) in [6.07, 6.45) is -1.08. The molecule has 0 atom stereocenters. The van der Waals surface area contributed by atoms with Crippen LogP contribution >= 0.6 is 23.2 Å². The molecule has 0 bridgehead atoms. The van der Waals surface area contributed by atoms with Gasteiger partial charge in [-0.2, -0.15) is 13.2 Å². The van der Waals surface area contributed by atoms with Crippen LogP contribution in [0.25, 0.3) is 0 Å². The number of likely N-dealkylation sites (tertiary alicyclic amines) is 1. The summed E-state index contributed by atoms with van der Waals surface area (Å²) in [5, 5.41) is 1.22. The molecule has 0 aromatic heterocycles. The van der Waals surface area contributed by atoms with Gasteiger partial charge in [-0.05, 0) is 92.4 Å². The van der Waals surface area contributed by atoms with Crippen molar-refractivity contribution in [2.75, 3.05) is 19.7 Å². The van der Waals surface area contributed by atoms with E-state index in [9.17, 15) is 27.2 Å². The molecule has 0 unspecified atom stereocenters. The zero-order chi connectivity index (χ0) is 26.7. The maximum absolute atomic E-state index is 14.6. The van der Waals surface area contributed by atoms with E-state index in [1.54, 1.807) is 6.07 Å². The van der Waals surface area contributed by atoms with Crippen LogP contribution in [0.4, 0.5) is 17.6 Å². The molecule has 2 aromatic carbocycles. The Morgan fingerprint density at radius 1 is 0.973 bits per heavy atom. The first kappa shape index (κ1) is 27.7. The van der Waals surface area contributed by atoms with Gasteiger partial charge in [0, 0.05) is 22.7 Å². The normalized spacial score (nSPS) is 17.0. The molecule has 1 aliphatic carbocycles. The van der Waals surface area contributed by atoms with Crippen molar-refractivity contribution in [3.05, 3.63) is 62.9 Å².